The molecule has 23 heavy (non-hydrogen) atoms. The normalized spacial score (nSPS) is 11.0. The Balaban J connectivity index is 2.73. The highest BCUT2D eigenvalue weighted by Crippen LogP contribution is 2.16. The fourth-order valence-corrected chi connectivity index (χ4v) is 2.15. The van der Waals surface area contributed by atoms with E-state index in [1.54, 1.807) is 4.90 Å². The number of carbonyl (C=O) groups excluding carboxylic acids is 1. The predicted octanol–water partition coefficient (Wildman–Crippen LogP) is 2.64. The molecule has 0 atom stereocenters. The third-order valence-corrected chi connectivity index (χ3v) is 3.14. The molecule has 126 valence electrons. The van der Waals surface area contributed by atoms with Crippen molar-refractivity contribution in [3.8, 4) is 6.07 Å². The fourth-order valence-electron chi connectivity index (χ4n) is 2.15. The first-order valence-electron chi connectivity index (χ1n) is 7.59. The summed E-state index contributed by atoms with van der Waals surface area (Å²) in [7, 11) is 0. The van der Waals surface area contributed by atoms with E-state index in [9.17, 15) is 9.18 Å². The van der Waals surface area contributed by atoms with E-state index >= 15 is 0 Å². The van der Waals surface area contributed by atoms with E-state index in [2.05, 4.69) is 5.32 Å². The highest BCUT2D eigenvalue weighted by Gasteiger charge is 2.20. The minimum absolute atomic E-state index is 0.00671. The smallest absolute Gasteiger partial charge is 0.317 e. The molecule has 0 fully saturated rings. The van der Waals surface area contributed by atoms with Crippen molar-refractivity contribution >= 4 is 6.03 Å². The van der Waals surface area contributed by atoms with Crippen LogP contribution in [0.1, 0.15) is 38.3 Å². The van der Waals surface area contributed by atoms with Crippen molar-refractivity contribution in [2.24, 2.45) is 5.41 Å². The van der Waals surface area contributed by atoms with Gasteiger partial charge in [-0.05, 0) is 30.0 Å². The van der Waals surface area contributed by atoms with Gasteiger partial charge in [0.05, 0.1) is 11.6 Å². The summed E-state index contributed by atoms with van der Waals surface area (Å²) >= 11 is 0. The Kier molecular flexibility index (Phi) is 6.98. The van der Waals surface area contributed by atoms with Gasteiger partial charge in [0.2, 0.25) is 0 Å². The van der Waals surface area contributed by atoms with Crippen molar-refractivity contribution in [1.29, 1.82) is 5.26 Å². The topological polar surface area (TPSA) is 76.4 Å². The molecule has 0 aliphatic heterocycles. The molecule has 0 bridgehead atoms. The first-order valence-corrected chi connectivity index (χ1v) is 7.59. The monoisotopic (exact) mass is 321 g/mol. The molecule has 0 spiro atoms. The summed E-state index contributed by atoms with van der Waals surface area (Å²) in [6, 6.07) is 5.68. The van der Waals surface area contributed by atoms with Gasteiger partial charge in [-0.3, -0.25) is 0 Å². The number of aliphatic hydroxyl groups is 1. The average molecular weight is 321 g/mol. The molecule has 0 saturated carbocycles. The van der Waals surface area contributed by atoms with Crippen LogP contribution >= 0.6 is 0 Å². The minimum Gasteiger partial charge on any atom is -0.396 e. The van der Waals surface area contributed by atoms with Gasteiger partial charge in [0.1, 0.15) is 5.82 Å². The third-order valence-electron chi connectivity index (χ3n) is 3.14. The van der Waals surface area contributed by atoms with Crippen LogP contribution in [0.25, 0.3) is 0 Å². The maximum Gasteiger partial charge on any atom is 0.317 e. The number of hydrogen-bond donors (Lipinski definition) is 2. The molecular formula is C17H24FN3O2. The number of rotatable bonds is 6. The van der Waals surface area contributed by atoms with Gasteiger partial charge in [-0.25, -0.2) is 9.18 Å². The summed E-state index contributed by atoms with van der Waals surface area (Å²) in [4.78, 5) is 13.9. The van der Waals surface area contributed by atoms with E-state index in [4.69, 9.17) is 10.4 Å². The predicted molar refractivity (Wildman–Crippen MR) is 86.1 cm³/mol. The lowest BCUT2D eigenvalue weighted by Gasteiger charge is -2.30. The molecule has 0 aromatic heterocycles. The molecule has 0 aliphatic rings. The number of urea groups is 1. The number of nitriles is 1. The molecule has 2 amide bonds. The zero-order chi connectivity index (χ0) is 17.5. The van der Waals surface area contributed by atoms with Gasteiger partial charge in [-0.15, -0.1) is 0 Å². The van der Waals surface area contributed by atoms with Gasteiger partial charge in [0, 0.05) is 31.8 Å². The van der Waals surface area contributed by atoms with Gasteiger partial charge in [-0.2, -0.15) is 5.26 Å². The van der Waals surface area contributed by atoms with E-state index in [0.717, 1.165) is 0 Å². The van der Waals surface area contributed by atoms with Crippen LogP contribution in [-0.4, -0.2) is 35.7 Å². The number of nitrogens with one attached hydrogen (secondary N) is 1. The number of benzene rings is 1. The van der Waals surface area contributed by atoms with Crippen molar-refractivity contribution in [2.45, 2.75) is 33.7 Å². The minimum atomic E-state index is -0.456. The van der Waals surface area contributed by atoms with Crippen molar-refractivity contribution < 1.29 is 14.3 Å². The van der Waals surface area contributed by atoms with Crippen molar-refractivity contribution in [3.05, 3.63) is 35.1 Å². The van der Waals surface area contributed by atoms with E-state index in [0.29, 0.717) is 25.1 Å². The Morgan fingerprint density at radius 3 is 2.70 bits per heavy atom. The highest BCUT2D eigenvalue weighted by atomic mass is 19.1. The van der Waals surface area contributed by atoms with Gasteiger partial charge < -0.3 is 15.3 Å². The number of amides is 2. The SMILES string of the molecule is CC(C)(C)CN(CCCO)C(=O)NCc1cc(C#N)ccc1F. The number of aliphatic hydroxyl groups excluding tert-OH is 1. The quantitative estimate of drug-likeness (QED) is 0.845. The molecule has 1 rings (SSSR count). The van der Waals surface area contributed by atoms with Crippen LogP contribution in [0.15, 0.2) is 18.2 Å². The van der Waals surface area contributed by atoms with Crippen LogP contribution in [0.4, 0.5) is 9.18 Å². The molecule has 0 radical (unpaired) electrons. The molecule has 1 aromatic carbocycles. The maximum absolute atomic E-state index is 13.7. The summed E-state index contributed by atoms with van der Waals surface area (Å²) in [5.74, 6) is -0.456. The summed E-state index contributed by atoms with van der Waals surface area (Å²) < 4.78 is 13.7. The number of nitrogens with zero attached hydrogens (tertiary/aromatic N) is 2. The summed E-state index contributed by atoms with van der Waals surface area (Å²) in [6.07, 6.45) is 0.488. The maximum atomic E-state index is 13.7. The molecular weight excluding hydrogens is 297 g/mol. The lowest BCUT2D eigenvalue weighted by molar-refractivity contribution is 0.164. The van der Waals surface area contributed by atoms with E-state index < -0.39 is 5.82 Å². The molecule has 0 saturated heterocycles. The second kappa shape index (κ2) is 8.49. The molecule has 0 heterocycles. The molecule has 2 N–H and O–H groups in total. The Morgan fingerprint density at radius 1 is 1.43 bits per heavy atom. The zero-order valence-corrected chi connectivity index (χ0v) is 13.9. The Hall–Kier alpha value is -2.13. The van der Waals surface area contributed by atoms with Gasteiger partial charge in [0.25, 0.3) is 0 Å². The van der Waals surface area contributed by atoms with Gasteiger partial charge in [0.15, 0.2) is 0 Å². The second-order valence-corrected chi connectivity index (χ2v) is 6.64. The second-order valence-electron chi connectivity index (χ2n) is 6.64. The zero-order valence-electron chi connectivity index (χ0n) is 13.9. The summed E-state index contributed by atoms with van der Waals surface area (Å²) in [6.45, 7) is 7.03. The first-order chi connectivity index (χ1) is 10.8. The third kappa shape index (κ3) is 6.66. The van der Waals surface area contributed by atoms with E-state index in [1.165, 1.54) is 18.2 Å². The van der Waals surface area contributed by atoms with Gasteiger partial charge in [-0.1, -0.05) is 20.8 Å². The van der Waals surface area contributed by atoms with Crippen molar-refractivity contribution in [2.75, 3.05) is 19.7 Å². The van der Waals surface area contributed by atoms with Crippen LogP contribution in [-0.2, 0) is 6.54 Å². The van der Waals surface area contributed by atoms with Crippen LogP contribution in [0, 0.1) is 22.6 Å². The summed E-state index contributed by atoms with van der Waals surface area (Å²) in [5, 5.41) is 20.5. The number of hydrogen-bond acceptors (Lipinski definition) is 3. The first kappa shape index (κ1) is 18.9. The highest BCUT2D eigenvalue weighted by molar-refractivity contribution is 5.74. The van der Waals surface area contributed by atoms with Crippen LogP contribution in [0.5, 0.6) is 0 Å². The molecule has 1 aromatic rings. The number of halogens is 1. The molecule has 0 aliphatic carbocycles. The van der Waals surface area contributed by atoms with E-state index in [1.807, 2.05) is 26.8 Å². The lowest BCUT2D eigenvalue weighted by atomic mass is 9.96. The molecule has 0 unspecified atom stereocenters. The Labute approximate surface area is 136 Å². The van der Waals surface area contributed by atoms with Crippen molar-refractivity contribution in [3.63, 3.8) is 0 Å². The van der Waals surface area contributed by atoms with Crippen LogP contribution in [0.3, 0.4) is 0 Å². The van der Waals surface area contributed by atoms with Crippen LogP contribution < -0.4 is 5.32 Å². The largest absolute Gasteiger partial charge is 0.396 e. The molecule has 6 heteroatoms. The van der Waals surface area contributed by atoms with Crippen molar-refractivity contribution in [1.82, 2.24) is 10.2 Å². The Bertz CT molecular complexity index is 576. The Morgan fingerprint density at radius 2 is 2.13 bits per heavy atom. The lowest BCUT2D eigenvalue weighted by Crippen LogP contribution is -2.44. The van der Waals surface area contributed by atoms with E-state index in [-0.39, 0.29) is 30.2 Å². The van der Waals surface area contributed by atoms with Crippen LogP contribution in [0.2, 0.25) is 0 Å². The van der Waals surface area contributed by atoms with Gasteiger partial charge >= 0.3 is 6.03 Å². The fraction of sp³-hybridized carbons (Fsp3) is 0.529. The standard InChI is InChI=1S/C17H24FN3O2/c1-17(2,3)12-21(7-4-8-22)16(23)20-11-14-9-13(10-19)5-6-15(14)18/h5-6,9,22H,4,7-8,11-12H2,1-3H3,(H,20,23). The molecule has 5 nitrogen and oxygen atoms in total. The summed E-state index contributed by atoms with van der Waals surface area (Å²) in [5.41, 5.74) is 0.538. The average Bonchev–Trinajstić information content (AvgIpc) is 2.49. The number of carbonyl (C=O) groups is 1.